The molecule has 1 spiro atoms. The Morgan fingerprint density at radius 2 is 1.49 bits per heavy atom. The number of hydrogen-bond acceptors (Lipinski definition) is 4. The molecule has 188 valence electrons. The number of carbonyl (C=O) groups excluding carboxylic acids is 2. The summed E-state index contributed by atoms with van der Waals surface area (Å²) in [5.41, 5.74) is 3.98. The number of piperidine rings is 1. The number of sulfonamides is 1. The maximum absolute atomic E-state index is 12.8. The van der Waals surface area contributed by atoms with Crippen LogP contribution in [-0.4, -0.2) is 62.9 Å². The maximum atomic E-state index is 12.8. The minimum absolute atomic E-state index is 0.0119. The molecule has 2 aliphatic rings. The van der Waals surface area contributed by atoms with Crippen molar-refractivity contribution in [1.82, 2.24) is 14.5 Å². The zero-order valence-corrected chi connectivity index (χ0v) is 21.5. The third-order valence-corrected chi connectivity index (χ3v) is 8.69. The molecule has 2 aliphatic heterocycles. The van der Waals surface area contributed by atoms with Crippen molar-refractivity contribution in [3.8, 4) is 0 Å². The fraction of sp³-hybridized carbons (Fsp3) is 0.462. The van der Waals surface area contributed by atoms with Crippen LogP contribution in [-0.2, 0) is 14.8 Å². The first-order valence-corrected chi connectivity index (χ1v) is 13.5. The van der Waals surface area contributed by atoms with Gasteiger partial charge in [-0.2, -0.15) is 0 Å². The summed E-state index contributed by atoms with van der Waals surface area (Å²) in [6.07, 6.45) is 2.52. The lowest BCUT2D eigenvalue weighted by Gasteiger charge is -2.39. The van der Waals surface area contributed by atoms with E-state index in [1.165, 1.54) is 12.1 Å². The molecule has 2 saturated heterocycles. The molecule has 2 aromatic rings. The monoisotopic (exact) mass is 498 g/mol. The number of amides is 3. The zero-order chi connectivity index (χ0) is 25.2. The molecule has 9 heteroatoms. The number of urea groups is 1. The van der Waals surface area contributed by atoms with Crippen molar-refractivity contribution < 1.29 is 18.0 Å². The van der Waals surface area contributed by atoms with Crippen molar-refractivity contribution in [2.24, 2.45) is 5.41 Å². The molecule has 0 aliphatic carbocycles. The highest BCUT2D eigenvalue weighted by atomic mass is 32.2. The Labute approximate surface area is 207 Å². The number of hydrogen-bond donors (Lipinski definition) is 2. The van der Waals surface area contributed by atoms with E-state index < -0.39 is 10.0 Å². The standard InChI is InChI=1S/C26H34N4O4S/c1-19-4-7-22(8-5-19)35(33,34)27-17-24(31)30-15-12-26(18-30)10-13-29(14-11-26)25(32)28-23-9-6-20(2)16-21(23)3/h4-9,16,27H,10-15,17-18H2,1-3H3,(H,28,32). The molecule has 2 N–H and O–H groups in total. The first-order valence-electron chi connectivity index (χ1n) is 12.0. The van der Waals surface area contributed by atoms with E-state index in [-0.39, 0.29) is 28.8 Å². The Balaban J connectivity index is 1.27. The molecule has 35 heavy (non-hydrogen) atoms. The van der Waals surface area contributed by atoms with E-state index in [1.807, 2.05) is 43.9 Å². The molecule has 0 aromatic heterocycles. The molecule has 0 saturated carbocycles. The summed E-state index contributed by atoms with van der Waals surface area (Å²) in [5.74, 6) is -0.215. The Kier molecular flexibility index (Phi) is 7.19. The van der Waals surface area contributed by atoms with Crippen LogP contribution in [0.2, 0.25) is 0 Å². The molecular formula is C26H34N4O4S. The summed E-state index contributed by atoms with van der Waals surface area (Å²) < 4.78 is 27.4. The minimum Gasteiger partial charge on any atom is -0.341 e. The van der Waals surface area contributed by atoms with E-state index in [9.17, 15) is 18.0 Å². The van der Waals surface area contributed by atoms with Crippen molar-refractivity contribution in [2.45, 2.75) is 44.9 Å². The summed E-state index contributed by atoms with van der Waals surface area (Å²) in [6, 6.07) is 12.4. The predicted molar refractivity (Wildman–Crippen MR) is 136 cm³/mol. The number of nitrogens with zero attached hydrogens (tertiary/aromatic N) is 2. The molecule has 8 nitrogen and oxygen atoms in total. The lowest BCUT2D eigenvalue weighted by molar-refractivity contribution is -0.129. The second-order valence-electron chi connectivity index (χ2n) is 9.94. The highest BCUT2D eigenvalue weighted by Gasteiger charge is 2.42. The molecular weight excluding hydrogens is 464 g/mol. The van der Waals surface area contributed by atoms with Crippen LogP contribution in [0.4, 0.5) is 10.5 Å². The summed E-state index contributed by atoms with van der Waals surface area (Å²) in [6.45, 7) is 8.13. The van der Waals surface area contributed by atoms with Crippen LogP contribution in [0, 0.1) is 26.2 Å². The Morgan fingerprint density at radius 3 is 2.11 bits per heavy atom. The molecule has 2 fully saturated rings. The number of anilines is 1. The van der Waals surface area contributed by atoms with E-state index in [2.05, 4.69) is 10.0 Å². The van der Waals surface area contributed by atoms with Gasteiger partial charge in [0, 0.05) is 31.9 Å². The van der Waals surface area contributed by atoms with E-state index in [0.29, 0.717) is 26.2 Å². The highest BCUT2D eigenvalue weighted by Crippen LogP contribution is 2.40. The second-order valence-corrected chi connectivity index (χ2v) is 11.7. The van der Waals surface area contributed by atoms with Gasteiger partial charge in [-0.3, -0.25) is 4.79 Å². The van der Waals surface area contributed by atoms with E-state index in [1.54, 1.807) is 17.0 Å². The van der Waals surface area contributed by atoms with Gasteiger partial charge in [-0.25, -0.2) is 17.9 Å². The van der Waals surface area contributed by atoms with Crippen LogP contribution < -0.4 is 10.0 Å². The Hall–Kier alpha value is -2.91. The lowest BCUT2D eigenvalue weighted by Crippen LogP contribution is -2.46. The lowest BCUT2D eigenvalue weighted by atomic mass is 9.78. The smallest absolute Gasteiger partial charge is 0.321 e. The van der Waals surface area contributed by atoms with Gasteiger partial charge in [0.2, 0.25) is 15.9 Å². The largest absolute Gasteiger partial charge is 0.341 e. The maximum Gasteiger partial charge on any atom is 0.321 e. The van der Waals surface area contributed by atoms with Gasteiger partial charge in [0.25, 0.3) is 0 Å². The zero-order valence-electron chi connectivity index (χ0n) is 20.6. The van der Waals surface area contributed by atoms with Gasteiger partial charge >= 0.3 is 6.03 Å². The van der Waals surface area contributed by atoms with Crippen LogP contribution in [0.15, 0.2) is 47.4 Å². The minimum atomic E-state index is -3.73. The molecule has 0 bridgehead atoms. The number of likely N-dealkylation sites (tertiary alicyclic amines) is 2. The van der Waals surface area contributed by atoms with Gasteiger partial charge in [-0.05, 0) is 69.2 Å². The van der Waals surface area contributed by atoms with E-state index in [4.69, 9.17) is 0 Å². The van der Waals surface area contributed by atoms with Crippen molar-refractivity contribution >= 4 is 27.6 Å². The highest BCUT2D eigenvalue weighted by molar-refractivity contribution is 7.89. The topological polar surface area (TPSA) is 98.8 Å². The summed E-state index contributed by atoms with van der Waals surface area (Å²) in [7, 11) is -3.73. The summed E-state index contributed by atoms with van der Waals surface area (Å²) in [4.78, 5) is 29.3. The molecule has 4 rings (SSSR count). The van der Waals surface area contributed by atoms with Crippen molar-refractivity contribution in [2.75, 3.05) is 38.0 Å². The average molecular weight is 499 g/mol. The number of rotatable bonds is 5. The number of carbonyl (C=O) groups is 2. The third-order valence-electron chi connectivity index (χ3n) is 7.27. The number of benzene rings is 2. The van der Waals surface area contributed by atoms with Gasteiger partial charge < -0.3 is 15.1 Å². The Bertz CT molecular complexity index is 1200. The van der Waals surface area contributed by atoms with Gasteiger partial charge in [0.1, 0.15) is 0 Å². The molecule has 2 heterocycles. The van der Waals surface area contributed by atoms with Crippen LogP contribution in [0.3, 0.4) is 0 Å². The van der Waals surface area contributed by atoms with Gasteiger partial charge in [0.15, 0.2) is 0 Å². The SMILES string of the molecule is Cc1ccc(S(=O)(=O)NCC(=O)N2CCC3(CCN(C(=O)Nc4ccc(C)cc4C)CC3)C2)cc1. The van der Waals surface area contributed by atoms with Gasteiger partial charge in [-0.15, -0.1) is 0 Å². The summed E-state index contributed by atoms with van der Waals surface area (Å²) in [5, 5.41) is 3.02. The van der Waals surface area contributed by atoms with Crippen LogP contribution in [0.25, 0.3) is 0 Å². The van der Waals surface area contributed by atoms with Crippen LogP contribution in [0.1, 0.15) is 36.0 Å². The van der Waals surface area contributed by atoms with Gasteiger partial charge in [-0.1, -0.05) is 35.4 Å². The second kappa shape index (κ2) is 9.99. The van der Waals surface area contributed by atoms with E-state index >= 15 is 0 Å². The van der Waals surface area contributed by atoms with Crippen molar-refractivity contribution in [1.29, 1.82) is 0 Å². The number of nitrogens with one attached hydrogen (secondary N) is 2. The third kappa shape index (κ3) is 5.85. The molecule has 0 atom stereocenters. The van der Waals surface area contributed by atoms with Gasteiger partial charge in [0.05, 0.1) is 11.4 Å². The van der Waals surface area contributed by atoms with Crippen LogP contribution in [0.5, 0.6) is 0 Å². The molecule has 0 unspecified atom stereocenters. The molecule has 3 amide bonds. The fourth-order valence-corrected chi connectivity index (χ4v) is 5.93. The van der Waals surface area contributed by atoms with Crippen molar-refractivity contribution in [3.05, 3.63) is 59.2 Å². The Morgan fingerprint density at radius 1 is 0.886 bits per heavy atom. The quantitative estimate of drug-likeness (QED) is 0.660. The van der Waals surface area contributed by atoms with Crippen LogP contribution >= 0.6 is 0 Å². The first-order chi connectivity index (χ1) is 16.6. The molecule has 0 radical (unpaired) electrons. The normalized spacial score (nSPS) is 17.6. The van der Waals surface area contributed by atoms with E-state index in [0.717, 1.165) is 41.6 Å². The average Bonchev–Trinajstić information content (AvgIpc) is 3.23. The molecule has 2 aromatic carbocycles. The number of aryl methyl sites for hydroxylation is 3. The summed E-state index contributed by atoms with van der Waals surface area (Å²) >= 11 is 0. The first kappa shape index (κ1) is 25.2. The predicted octanol–water partition coefficient (Wildman–Crippen LogP) is 3.44. The fourth-order valence-electron chi connectivity index (χ4n) is 4.96. The van der Waals surface area contributed by atoms with Crippen molar-refractivity contribution in [3.63, 3.8) is 0 Å².